The summed E-state index contributed by atoms with van der Waals surface area (Å²) in [4.78, 5) is 22.4. The van der Waals surface area contributed by atoms with Crippen LogP contribution in [0, 0.1) is 40.8 Å². The van der Waals surface area contributed by atoms with E-state index in [1.165, 1.54) is 19.2 Å². The van der Waals surface area contributed by atoms with Gasteiger partial charge in [-0.2, -0.15) is 5.26 Å². The zero-order valence-corrected chi connectivity index (χ0v) is 28.1. The van der Waals surface area contributed by atoms with Crippen molar-refractivity contribution in [2.75, 3.05) is 78.5 Å². The second-order valence-electron chi connectivity index (χ2n) is 14.8. The number of hydrogen-bond acceptors (Lipinski definition) is 7. The van der Waals surface area contributed by atoms with Crippen molar-refractivity contribution in [3.63, 3.8) is 0 Å². The zero-order chi connectivity index (χ0) is 32.3. The second kappa shape index (κ2) is 14.4. The maximum atomic E-state index is 15.0. The number of nitrogens with zero attached hydrogens (tertiary/aromatic N) is 5. The quantitative estimate of drug-likeness (QED) is 0.286. The number of likely N-dealkylation sites (tertiary alicyclic amines) is 2. The Morgan fingerprint density at radius 1 is 1.02 bits per heavy atom. The highest BCUT2D eigenvalue weighted by Crippen LogP contribution is 2.54. The molecule has 6 rings (SSSR count). The van der Waals surface area contributed by atoms with Crippen LogP contribution in [-0.2, 0) is 21.5 Å². The minimum atomic E-state index is -0.170. The largest absolute Gasteiger partial charge is 0.469 e. The maximum Gasteiger partial charge on any atom is 0.305 e. The number of ether oxygens (including phenoxy) is 1. The van der Waals surface area contributed by atoms with Crippen LogP contribution in [0.4, 0.5) is 10.1 Å². The second-order valence-corrected chi connectivity index (χ2v) is 14.8. The van der Waals surface area contributed by atoms with Crippen LogP contribution >= 0.6 is 0 Å². The van der Waals surface area contributed by atoms with Gasteiger partial charge in [0.1, 0.15) is 5.82 Å². The summed E-state index contributed by atoms with van der Waals surface area (Å²) in [5, 5.41) is 9.55. The van der Waals surface area contributed by atoms with Crippen molar-refractivity contribution >= 4 is 11.7 Å². The minimum absolute atomic E-state index is 0.117. The Balaban J connectivity index is 1.15. The summed E-state index contributed by atoms with van der Waals surface area (Å²) >= 11 is 0. The van der Waals surface area contributed by atoms with Crippen LogP contribution in [0.2, 0.25) is 0 Å². The van der Waals surface area contributed by atoms with Gasteiger partial charge in [-0.3, -0.25) is 4.79 Å². The van der Waals surface area contributed by atoms with E-state index in [0.29, 0.717) is 24.2 Å². The van der Waals surface area contributed by atoms with Crippen LogP contribution in [0.15, 0.2) is 42.5 Å². The summed E-state index contributed by atoms with van der Waals surface area (Å²) in [5.74, 6) is 1.43. The fraction of sp³-hybridized carbons (Fsp3) is 0.632. The molecule has 3 saturated heterocycles. The van der Waals surface area contributed by atoms with E-state index >= 15 is 0 Å². The molecule has 248 valence electrons. The molecule has 1 aliphatic carbocycles. The normalized spacial score (nSPS) is 24.3. The van der Waals surface area contributed by atoms with Gasteiger partial charge in [-0.25, -0.2) is 4.39 Å². The SMILES string of the molecule is COC(=O)C[C@H]1CCC[C@@H]1[C@](CN1CCC1)(c1cccc(F)c1)C1CCN(CC2CN(c3ccc(C#N)c(CN(C)C)c3)C2)CC1. The molecule has 1 saturated carbocycles. The molecule has 7 nitrogen and oxygen atoms in total. The summed E-state index contributed by atoms with van der Waals surface area (Å²) < 4.78 is 20.1. The highest BCUT2D eigenvalue weighted by atomic mass is 19.1. The van der Waals surface area contributed by atoms with Crippen molar-refractivity contribution in [3.8, 4) is 6.07 Å². The Morgan fingerprint density at radius 3 is 2.46 bits per heavy atom. The van der Waals surface area contributed by atoms with Gasteiger partial charge in [-0.05, 0) is 132 Å². The fourth-order valence-corrected chi connectivity index (χ4v) is 9.28. The molecular weight excluding hydrogens is 577 g/mol. The molecule has 3 heterocycles. The average molecular weight is 630 g/mol. The fourth-order valence-electron chi connectivity index (χ4n) is 9.28. The van der Waals surface area contributed by atoms with Crippen LogP contribution < -0.4 is 4.90 Å². The lowest BCUT2D eigenvalue weighted by molar-refractivity contribution is -0.142. The van der Waals surface area contributed by atoms with Gasteiger partial charge >= 0.3 is 5.97 Å². The highest BCUT2D eigenvalue weighted by Gasteiger charge is 2.53. The number of halogens is 1. The van der Waals surface area contributed by atoms with Gasteiger partial charge in [0.2, 0.25) is 0 Å². The molecule has 2 aromatic carbocycles. The number of benzene rings is 2. The lowest BCUT2D eigenvalue weighted by Crippen LogP contribution is -2.58. The van der Waals surface area contributed by atoms with E-state index in [0.717, 1.165) is 108 Å². The average Bonchev–Trinajstić information content (AvgIpc) is 3.47. The van der Waals surface area contributed by atoms with E-state index in [1.54, 1.807) is 6.07 Å². The molecule has 4 aliphatic rings. The van der Waals surface area contributed by atoms with Gasteiger partial charge in [-0.1, -0.05) is 18.6 Å². The molecule has 0 bridgehead atoms. The Morgan fingerprint density at radius 2 is 1.80 bits per heavy atom. The van der Waals surface area contributed by atoms with Crippen LogP contribution in [-0.4, -0.2) is 94.2 Å². The molecule has 3 atom stereocenters. The number of nitriles is 1. The molecule has 0 amide bonds. The summed E-state index contributed by atoms with van der Waals surface area (Å²) in [7, 11) is 5.58. The molecule has 0 spiro atoms. The topological polar surface area (TPSA) is 63.1 Å². The van der Waals surface area contributed by atoms with E-state index in [4.69, 9.17) is 4.74 Å². The maximum absolute atomic E-state index is 15.0. The third-order valence-corrected chi connectivity index (χ3v) is 11.6. The number of esters is 1. The predicted octanol–water partition coefficient (Wildman–Crippen LogP) is 5.53. The van der Waals surface area contributed by atoms with E-state index in [1.807, 2.05) is 32.3 Å². The van der Waals surface area contributed by atoms with Crippen molar-refractivity contribution in [2.24, 2.45) is 23.7 Å². The Hall–Kier alpha value is -2.99. The minimum Gasteiger partial charge on any atom is -0.469 e. The van der Waals surface area contributed by atoms with Gasteiger partial charge in [0.05, 0.1) is 18.7 Å². The van der Waals surface area contributed by atoms with Crippen molar-refractivity contribution in [3.05, 3.63) is 65.0 Å². The number of piperidine rings is 1. The van der Waals surface area contributed by atoms with Crippen LogP contribution in [0.3, 0.4) is 0 Å². The summed E-state index contributed by atoms with van der Waals surface area (Å²) in [6.45, 7) is 9.28. The summed E-state index contributed by atoms with van der Waals surface area (Å²) in [6, 6.07) is 16.1. The summed E-state index contributed by atoms with van der Waals surface area (Å²) in [5.41, 5.74) is 4.04. The Labute approximate surface area is 275 Å². The number of carbonyl (C=O) groups is 1. The molecule has 3 aliphatic heterocycles. The van der Waals surface area contributed by atoms with Gasteiger partial charge in [0.15, 0.2) is 0 Å². The molecule has 8 heteroatoms. The molecule has 46 heavy (non-hydrogen) atoms. The third-order valence-electron chi connectivity index (χ3n) is 11.6. The van der Waals surface area contributed by atoms with E-state index in [9.17, 15) is 14.4 Å². The van der Waals surface area contributed by atoms with E-state index in [-0.39, 0.29) is 23.1 Å². The first-order valence-corrected chi connectivity index (χ1v) is 17.5. The third kappa shape index (κ3) is 6.98. The van der Waals surface area contributed by atoms with E-state index < -0.39 is 0 Å². The molecular formula is C38H52FN5O2. The van der Waals surface area contributed by atoms with Gasteiger partial charge in [-0.15, -0.1) is 0 Å². The first-order chi connectivity index (χ1) is 22.3. The first-order valence-electron chi connectivity index (χ1n) is 17.5. The number of carbonyl (C=O) groups excluding carboxylic acids is 1. The lowest BCUT2D eigenvalue weighted by Gasteiger charge is -2.54. The number of hydrogen-bond donors (Lipinski definition) is 0. The van der Waals surface area contributed by atoms with Crippen molar-refractivity contribution < 1.29 is 13.9 Å². The van der Waals surface area contributed by atoms with Crippen molar-refractivity contribution in [1.82, 2.24) is 14.7 Å². The highest BCUT2D eigenvalue weighted by molar-refractivity contribution is 5.69. The van der Waals surface area contributed by atoms with Gasteiger partial charge in [0, 0.05) is 56.2 Å². The Bertz CT molecular complexity index is 1390. The molecule has 0 aromatic heterocycles. The number of anilines is 1. The monoisotopic (exact) mass is 629 g/mol. The standard InChI is InChI=1S/C38H52FN5O2/c1-41(2)26-31-19-35(12-11-30(31)22-40)44-24-28(25-44)23-42-17-13-32(14-18-42)38(27-43-15-6-16-43,33-8-5-9-34(39)21-33)36-10-4-7-29(36)20-37(45)46-3/h5,8-9,11-12,19,21,28-29,32,36H,4,6-7,10,13-18,20,23-27H2,1-3H3/t29-,36+,38+/m1/s1. The van der Waals surface area contributed by atoms with Crippen LogP contribution in [0.1, 0.15) is 61.6 Å². The number of methoxy groups -OCH3 is 1. The van der Waals surface area contributed by atoms with Gasteiger partial charge in [0.25, 0.3) is 0 Å². The molecule has 0 radical (unpaired) electrons. The lowest BCUT2D eigenvalue weighted by atomic mass is 9.56. The zero-order valence-electron chi connectivity index (χ0n) is 28.1. The molecule has 2 aromatic rings. The first kappa shape index (κ1) is 32.9. The predicted molar refractivity (Wildman–Crippen MR) is 180 cm³/mol. The molecule has 4 fully saturated rings. The molecule has 0 unspecified atom stereocenters. The van der Waals surface area contributed by atoms with Gasteiger partial charge < -0.3 is 24.3 Å². The van der Waals surface area contributed by atoms with Crippen molar-refractivity contribution in [2.45, 2.75) is 56.9 Å². The molecule has 0 N–H and O–H groups in total. The van der Waals surface area contributed by atoms with Crippen LogP contribution in [0.5, 0.6) is 0 Å². The smallest absolute Gasteiger partial charge is 0.305 e. The van der Waals surface area contributed by atoms with Crippen LogP contribution in [0.25, 0.3) is 0 Å². The van der Waals surface area contributed by atoms with Crippen molar-refractivity contribution in [1.29, 1.82) is 5.26 Å². The summed E-state index contributed by atoms with van der Waals surface area (Å²) in [6.07, 6.45) is 7.16. The van der Waals surface area contributed by atoms with E-state index in [2.05, 4.69) is 43.9 Å². The Kier molecular flexibility index (Phi) is 10.3. The number of rotatable bonds is 12.